The van der Waals surface area contributed by atoms with Crippen molar-refractivity contribution < 1.29 is 18.3 Å². The van der Waals surface area contributed by atoms with E-state index >= 15 is 0 Å². The minimum absolute atomic E-state index is 0. The van der Waals surface area contributed by atoms with Crippen LogP contribution in [0.4, 0.5) is 13.2 Å². The fourth-order valence-electron chi connectivity index (χ4n) is 1.48. The van der Waals surface area contributed by atoms with Gasteiger partial charge in [-0.25, -0.2) is 0 Å². The quantitative estimate of drug-likeness (QED) is 0.862. The Morgan fingerprint density at radius 3 is 2.15 bits per heavy atom. The van der Waals surface area contributed by atoms with Crippen LogP contribution < -0.4 is 5.73 Å². The van der Waals surface area contributed by atoms with E-state index in [-0.39, 0.29) is 30.0 Å². The Balaban J connectivity index is 0.00000361. The summed E-state index contributed by atoms with van der Waals surface area (Å²) in [5.41, 5.74) is 5.60. The molecule has 2 nitrogen and oxygen atoms in total. The second-order valence-corrected chi connectivity index (χ2v) is 4.76. The lowest BCUT2D eigenvalue weighted by atomic mass is 9.98. The maximum atomic E-state index is 12.7. The summed E-state index contributed by atoms with van der Waals surface area (Å²) in [5.74, 6) is 0. The Bertz CT molecular complexity index is 460. The van der Waals surface area contributed by atoms with Crippen molar-refractivity contribution >= 4 is 41.2 Å². The van der Waals surface area contributed by atoms with Crippen LogP contribution in [0.15, 0.2) is 29.3 Å². The molecule has 0 aliphatic heterocycles. The summed E-state index contributed by atoms with van der Waals surface area (Å²) >= 11 is 11.1. The molecule has 0 aliphatic carbocycles. The van der Waals surface area contributed by atoms with Gasteiger partial charge in [0, 0.05) is 11.1 Å². The molecule has 114 valence electrons. The van der Waals surface area contributed by atoms with E-state index in [0.717, 1.165) is 0 Å². The van der Waals surface area contributed by atoms with Crippen molar-refractivity contribution in [2.24, 2.45) is 5.73 Å². The van der Waals surface area contributed by atoms with Gasteiger partial charge in [-0.2, -0.15) is 13.2 Å². The van der Waals surface area contributed by atoms with Crippen molar-refractivity contribution in [2.75, 3.05) is 6.61 Å². The highest BCUT2D eigenvalue weighted by molar-refractivity contribution is 6.33. The van der Waals surface area contributed by atoms with E-state index in [2.05, 4.69) is 0 Å². The van der Waals surface area contributed by atoms with Crippen LogP contribution in [-0.2, 0) is 0 Å². The molecule has 0 spiro atoms. The standard InChI is InChI=1S/C12H12Cl2F3NO.ClH/c13-8-3-1-7(2-4-8)10(5-9(18)6-19)11(14)12(15,16)17;/h1-4,9,19H,5-6,18H2;1H/b11-10-;. The van der Waals surface area contributed by atoms with E-state index in [1.54, 1.807) is 0 Å². The maximum Gasteiger partial charge on any atom is 0.427 e. The number of hydrogen-bond donors (Lipinski definition) is 2. The molecule has 0 saturated carbocycles. The zero-order valence-electron chi connectivity index (χ0n) is 10.1. The summed E-state index contributed by atoms with van der Waals surface area (Å²) < 4.78 is 38.1. The van der Waals surface area contributed by atoms with Gasteiger partial charge in [0.25, 0.3) is 0 Å². The Kier molecular flexibility index (Phi) is 7.91. The molecule has 0 heterocycles. The summed E-state index contributed by atoms with van der Waals surface area (Å²) in [7, 11) is 0. The molecule has 0 aliphatic rings. The third-order valence-electron chi connectivity index (χ3n) is 2.41. The summed E-state index contributed by atoms with van der Waals surface area (Å²) in [6.07, 6.45) is -4.85. The SMILES string of the molecule is Cl.NC(CO)C/C(=C(/Cl)C(F)(F)F)c1ccc(Cl)cc1. The van der Waals surface area contributed by atoms with Crippen LogP contribution in [0.5, 0.6) is 0 Å². The molecule has 1 atom stereocenters. The Hall–Kier alpha value is -0.460. The van der Waals surface area contributed by atoms with E-state index in [1.165, 1.54) is 24.3 Å². The van der Waals surface area contributed by atoms with Crippen LogP contribution in [0.25, 0.3) is 5.57 Å². The predicted molar refractivity (Wildman–Crippen MR) is 77.2 cm³/mol. The molecule has 1 rings (SSSR count). The second-order valence-electron chi connectivity index (χ2n) is 3.94. The first-order valence-electron chi connectivity index (χ1n) is 5.34. The third kappa shape index (κ3) is 5.50. The van der Waals surface area contributed by atoms with E-state index in [1.807, 2.05) is 0 Å². The summed E-state index contributed by atoms with van der Waals surface area (Å²) in [6.45, 7) is -0.431. The van der Waals surface area contributed by atoms with Crippen molar-refractivity contribution in [3.63, 3.8) is 0 Å². The lowest BCUT2D eigenvalue weighted by molar-refractivity contribution is -0.0841. The first kappa shape index (κ1) is 19.5. The number of aliphatic hydroxyl groups is 1. The highest BCUT2D eigenvalue weighted by atomic mass is 35.5. The van der Waals surface area contributed by atoms with Crippen molar-refractivity contribution in [1.29, 1.82) is 0 Å². The predicted octanol–water partition coefficient (Wildman–Crippen LogP) is 3.98. The zero-order valence-corrected chi connectivity index (χ0v) is 12.5. The van der Waals surface area contributed by atoms with E-state index in [9.17, 15) is 13.2 Å². The van der Waals surface area contributed by atoms with Gasteiger partial charge in [0.2, 0.25) is 0 Å². The molecule has 3 N–H and O–H groups in total. The number of benzene rings is 1. The Morgan fingerprint density at radius 1 is 1.25 bits per heavy atom. The number of allylic oxidation sites excluding steroid dienone is 1. The normalized spacial score (nSPS) is 14.3. The van der Waals surface area contributed by atoms with Crippen LogP contribution in [0.2, 0.25) is 5.02 Å². The fraction of sp³-hybridized carbons (Fsp3) is 0.333. The lowest BCUT2D eigenvalue weighted by Crippen LogP contribution is -2.25. The smallest absolute Gasteiger partial charge is 0.395 e. The van der Waals surface area contributed by atoms with E-state index in [0.29, 0.717) is 5.02 Å². The van der Waals surface area contributed by atoms with Gasteiger partial charge in [-0.3, -0.25) is 0 Å². The largest absolute Gasteiger partial charge is 0.427 e. The number of hydrogen-bond acceptors (Lipinski definition) is 2. The fourth-order valence-corrected chi connectivity index (χ4v) is 1.80. The van der Waals surface area contributed by atoms with Crippen LogP contribution in [0.1, 0.15) is 12.0 Å². The molecule has 0 bridgehead atoms. The van der Waals surface area contributed by atoms with E-state index < -0.39 is 23.9 Å². The summed E-state index contributed by atoms with van der Waals surface area (Å²) in [5, 5.41) is 8.03. The van der Waals surface area contributed by atoms with Gasteiger partial charge < -0.3 is 10.8 Å². The molecule has 1 aromatic carbocycles. The highest BCUT2D eigenvalue weighted by Crippen LogP contribution is 2.37. The molecule has 20 heavy (non-hydrogen) atoms. The molecule has 0 amide bonds. The number of aliphatic hydroxyl groups excluding tert-OH is 1. The van der Waals surface area contributed by atoms with Gasteiger partial charge in [0.05, 0.1) is 6.61 Å². The number of alkyl halides is 3. The number of rotatable bonds is 4. The molecule has 1 unspecified atom stereocenters. The van der Waals surface area contributed by atoms with Crippen molar-refractivity contribution in [3.8, 4) is 0 Å². The monoisotopic (exact) mass is 349 g/mol. The molecule has 0 saturated heterocycles. The molecular formula is C12H13Cl3F3NO. The average Bonchev–Trinajstić information content (AvgIpc) is 2.35. The summed E-state index contributed by atoms with van der Waals surface area (Å²) in [6, 6.07) is 4.96. The molecule has 1 aromatic rings. The zero-order chi connectivity index (χ0) is 14.6. The van der Waals surface area contributed by atoms with Crippen LogP contribution >= 0.6 is 35.6 Å². The van der Waals surface area contributed by atoms with Gasteiger partial charge >= 0.3 is 6.18 Å². The van der Waals surface area contributed by atoms with E-state index in [4.69, 9.17) is 34.0 Å². The molecule has 0 fully saturated rings. The molecule has 0 aromatic heterocycles. The van der Waals surface area contributed by atoms with Gasteiger partial charge in [0.15, 0.2) is 0 Å². The number of halogens is 6. The molecule has 8 heteroatoms. The number of nitrogens with two attached hydrogens (primary N) is 1. The van der Waals surface area contributed by atoms with Crippen LogP contribution in [0, 0.1) is 0 Å². The topological polar surface area (TPSA) is 46.2 Å². The highest BCUT2D eigenvalue weighted by Gasteiger charge is 2.35. The molecule has 0 radical (unpaired) electrons. The maximum absolute atomic E-state index is 12.7. The first-order valence-corrected chi connectivity index (χ1v) is 6.09. The van der Waals surface area contributed by atoms with Crippen LogP contribution in [-0.4, -0.2) is 23.9 Å². The first-order chi connectivity index (χ1) is 8.75. The van der Waals surface area contributed by atoms with Gasteiger partial charge in [-0.05, 0) is 29.7 Å². The van der Waals surface area contributed by atoms with Crippen molar-refractivity contribution in [3.05, 3.63) is 39.9 Å². The second kappa shape index (κ2) is 8.10. The van der Waals surface area contributed by atoms with Gasteiger partial charge in [0.1, 0.15) is 5.03 Å². The van der Waals surface area contributed by atoms with Crippen molar-refractivity contribution in [1.82, 2.24) is 0 Å². The minimum atomic E-state index is -4.66. The van der Waals surface area contributed by atoms with Crippen LogP contribution in [0.3, 0.4) is 0 Å². The lowest BCUT2D eigenvalue weighted by Gasteiger charge is -2.16. The van der Waals surface area contributed by atoms with Gasteiger partial charge in [-0.15, -0.1) is 12.4 Å². The minimum Gasteiger partial charge on any atom is -0.395 e. The molecular weight excluding hydrogens is 337 g/mol. The summed E-state index contributed by atoms with van der Waals surface area (Å²) in [4.78, 5) is 0. The average molecular weight is 351 g/mol. The Labute approximate surface area is 130 Å². The van der Waals surface area contributed by atoms with Gasteiger partial charge in [-0.1, -0.05) is 35.3 Å². The third-order valence-corrected chi connectivity index (χ3v) is 3.10. The Morgan fingerprint density at radius 2 is 1.75 bits per heavy atom. The van der Waals surface area contributed by atoms with Crippen molar-refractivity contribution in [2.45, 2.75) is 18.6 Å².